The van der Waals surface area contributed by atoms with Crippen LogP contribution in [0.4, 0.5) is 11.4 Å². The van der Waals surface area contributed by atoms with Crippen LogP contribution in [0.2, 0.25) is 0 Å². The molecule has 4 aromatic rings. The van der Waals surface area contributed by atoms with E-state index < -0.39 is 0 Å². The number of pyridine rings is 1. The highest BCUT2D eigenvalue weighted by molar-refractivity contribution is 7.99. The molecule has 35 heavy (non-hydrogen) atoms. The molecule has 5 rings (SSSR count). The van der Waals surface area contributed by atoms with Crippen molar-refractivity contribution in [1.29, 1.82) is 0 Å². The predicted octanol–water partition coefficient (Wildman–Crippen LogP) is 6.27. The van der Waals surface area contributed by atoms with Crippen LogP contribution in [0.15, 0.2) is 99.5 Å². The van der Waals surface area contributed by atoms with Crippen molar-refractivity contribution in [2.75, 3.05) is 10.2 Å². The summed E-state index contributed by atoms with van der Waals surface area (Å²) >= 11 is 7.36. The average molecular weight is 501 g/mol. The lowest BCUT2D eigenvalue weighted by atomic mass is 10.0. The van der Waals surface area contributed by atoms with Crippen LogP contribution in [-0.2, 0) is 4.79 Å². The van der Waals surface area contributed by atoms with E-state index in [1.165, 1.54) is 12.5 Å². The summed E-state index contributed by atoms with van der Waals surface area (Å²) in [5.41, 5.74) is 3.72. The molecule has 0 aliphatic carbocycles. The van der Waals surface area contributed by atoms with E-state index in [1.54, 1.807) is 18.0 Å². The number of hydrogen-bond donors (Lipinski definition) is 2. The molecule has 0 bridgehead atoms. The summed E-state index contributed by atoms with van der Waals surface area (Å²) in [7, 11) is 0. The van der Waals surface area contributed by atoms with E-state index >= 15 is 0 Å². The Morgan fingerprint density at radius 3 is 2.51 bits per heavy atom. The normalized spacial score (nSPS) is 17.3. The number of carbonyl (C=O) groups excluding carboxylic acids is 1. The minimum absolute atomic E-state index is 0.113. The predicted molar refractivity (Wildman–Crippen MR) is 143 cm³/mol. The summed E-state index contributed by atoms with van der Waals surface area (Å²) in [4.78, 5) is 19.2. The van der Waals surface area contributed by atoms with Gasteiger partial charge in [0, 0.05) is 29.4 Å². The minimum Gasteiger partial charge on any atom is -0.452 e. The summed E-state index contributed by atoms with van der Waals surface area (Å²) in [5.74, 6) is 0.673. The van der Waals surface area contributed by atoms with Gasteiger partial charge in [-0.15, -0.1) is 0 Å². The van der Waals surface area contributed by atoms with Crippen molar-refractivity contribution in [2.45, 2.75) is 35.9 Å². The number of nitrogens with one attached hydrogen (secondary N) is 2. The lowest BCUT2D eigenvalue weighted by Crippen LogP contribution is -2.29. The molecule has 2 aromatic heterocycles. The zero-order chi connectivity index (χ0) is 24.4. The molecule has 8 heteroatoms. The first-order valence-electron chi connectivity index (χ1n) is 11.2. The van der Waals surface area contributed by atoms with Gasteiger partial charge in [0.25, 0.3) is 0 Å². The average Bonchev–Trinajstić information content (AvgIpc) is 3.45. The number of amides is 1. The Balaban J connectivity index is 1.49. The third-order valence-electron chi connectivity index (χ3n) is 5.70. The van der Waals surface area contributed by atoms with E-state index in [9.17, 15) is 4.79 Å². The third kappa shape index (κ3) is 5.08. The largest absolute Gasteiger partial charge is 0.452 e. The first-order valence-corrected chi connectivity index (χ1v) is 12.4. The van der Waals surface area contributed by atoms with Crippen molar-refractivity contribution in [3.8, 4) is 0 Å². The lowest BCUT2D eigenvalue weighted by Gasteiger charge is -2.26. The molecule has 0 saturated carbocycles. The summed E-state index contributed by atoms with van der Waals surface area (Å²) in [5, 5.41) is 7.63. The van der Waals surface area contributed by atoms with Crippen LogP contribution in [-0.4, -0.2) is 16.0 Å². The first-order chi connectivity index (χ1) is 17.0. The molecule has 1 saturated heterocycles. The van der Waals surface area contributed by atoms with Crippen LogP contribution >= 0.6 is 24.0 Å². The maximum Gasteiger partial charge on any atom is 0.221 e. The molecule has 176 valence electrons. The van der Waals surface area contributed by atoms with Crippen LogP contribution in [0.25, 0.3) is 0 Å². The first kappa shape index (κ1) is 23.1. The van der Waals surface area contributed by atoms with Gasteiger partial charge in [0.2, 0.25) is 5.91 Å². The van der Waals surface area contributed by atoms with Crippen molar-refractivity contribution in [2.24, 2.45) is 0 Å². The van der Waals surface area contributed by atoms with E-state index in [1.807, 2.05) is 59.5 Å². The van der Waals surface area contributed by atoms with Crippen molar-refractivity contribution < 1.29 is 9.21 Å². The number of benzene rings is 2. The van der Waals surface area contributed by atoms with E-state index in [2.05, 4.69) is 46.8 Å². The van der Waals surface area contributed by atoms with Gasteiger partial charge < -0.3 is 20.0 Å². The van der Waals surface area contributed by atoms with Crippen molar-refractivity contribution >= 4 is 46.4 Å². The molecule has 2 unspecified atom stereocenters. The van der Waals surface area contributed by atoms with Crippen molar-refractivity contribution in [1.82, 2.24) is 10.3 Å². The smallest absolute Gasteiger partial charge is 0.221 e. The second-order valence-corrected chi connectivity index (χ2v) is 9.76. The molecule has 1 amide bonds. The Bertz CT molecular complexity index is 1340. The second-order valence-electron chi connectivity index (χ2n) is 8.30. The standard InChI is InChI=1S/C27H24N4O2S2/c1-17-6-12-21(13-7-17)35-24-15-14-23(33-24)26-25(22-5-3-4-16-28-22)30-27(34)31(26)20-10-8-19(9-11-20)29-18(2)32/h3-16,25-26H,1-2H3,(H,29,32)(H,30,34). The number of aromatic nitrogens is 1. The van der Waals surface area contributed by atoms with E-state index in [-0.39, 0.29) is 18.0 Å². The third-order valence-corrected chi connectivity index (χ3v) is 6.94. The zero-order valence-corrected chi connectivity index (χ0v) is 20.9. The van der Waals surface area contributed by atoms with Gasteiger partial charge in [-0.25, -0.2) is 0 Å². The Morgan fingerprint density at radius 1 is 1.06 bits per heavy atom. The fourth-order valence-electron chi connectivity index (χ4n) is 4.10. The Labute approximate surface area is 213 Å². The van der Waals surface area contributed by atoms with E-state index in [0.717, 1.165) is 32.8 Å². The van der Waals surface area contributed by atoms with Gasteiger partial charge in [-0.2, -0.15) is 0 Å². The maximum absolute atomic E-state index is 11.4. The maximum atomic E-state index is 11.4. The molecule has 1 fully saturated rings. The Morgan fingerprint density at radius 2 is 1.83 bits per heavy atom. The van der Waals surface area contributed by atoms with Gasteiger partial charge in [0.15, 0.2) is 10.2 Å². The number of furan rings is 1. The molecule has 2 aromatic carbocycles. The van der Waals surface area contributed by atoms with Crippen LogP contribution < -0.4 is 15.5 Å². The van der Waals surface area contributed by atoms with Gasteiger partial charge in [0.1, 0.15) is 11.8 Å². The van der Waals surface area contributed by atoms with Gasteiger partial charge in [-0.3, -0.25) is 9.78 Å². The fraction of sp³-hybridized carbons (Fsp3) is 0.148. The Kier molecular flexibility index (Phi) is 6.57. The molecule has 0 radical (unpaired) electrons. The summed E-state index contributed by atoms with van der Waals surface area (Å²) in [6.07, 6.45) is 1.78. The number of hydrogen-bond acceptors (Lipinski definition) is 5. The SMILES string of the molecule is CC(=O)Nc1ccc(N2C(=S)NC(c3ccccn3)C2c2ccc(Sc3ccc(C)cc3)o2)cc1. The fourth-order valence-corrected chi connectivity index (χ4v) is 5.23. The number of aryl methyl sites for hydroxylation is 1. The van der Waals surface area contributed by atoms with E-state index in [0.29, 0.717) is 5.11 Å². The molecule has 2 atom stereocenters. The highest BCUT2D eigenvalue weighted by Crippen LogP contribution is 2.43. The van der Waals surface area contributed by atoms with Crippen molar-refractivity contribution in [3.63, 3.8) is 0 Å². The zero-order valence-electron chi connectivity index (χ0n) is 19.3. The lowest BCUT2D eigenvalue weighted by molar-refractivity contribution is -0.114. The number of nitrogens with zero attached hydrogens (tertiary/aromatic N) is 2. The molecule has 2 N–H and O–H groups in total. The Hall–Kier alpha value is -3.62. The summed E-state index contributed by atoms with van der Waals surface area (Å²) in [6.45, 7) is 3.56. The molecule has 0 spiro atoms. The minimum atomic E-state index is -0.239. The molecular weight excluding hydrogens is 476 g/mol. The van der Waals surface area contributed by atoms with Gasteiger partial charge in [-0.05, 0) is 79.8 Å². The molecule has 1 aliphatic heterocycles. The van der Waals surface area contributed by atoms with Crippen LogP contribution in [0.1, 0.15) is 36.0 Å². The molecular formula is C27H24N4O2S2. The van der Waals surface area contributed by atoms with Crippen LogP contribution in [0.3, 0.4) is 0 Å². The number of rotatable bonds is 6. The van der Waals surface area contributed by atoms with E-state index in [4.69, 9.17) is 16.6 Å². The van der Waals surface area contributed by atoms with Crippen molar-refractivity contribution in [3.05, 3.63) is 102 Å². The van der Waals surface area contributed by atoms with Gasteiger partial charge in [0.05, 0.1) is 11.7 Å². The molecule has 1 aliphatic rings. The number of carbonyl (C=O) groups is 1. The highest BCUT2D eigenvalue weighted by atomic mass is 32.2. The monoisotopic (exact) mass is 500 g/mol. The molecule has 3 heterocycles. The highest BCUT2D eigenvalue weighted by Gasteiger charge is 2.42. The topological polar surface area (TPSA) is 70.4 Å². The summed E-state index contributed by atoms with van der Waals surface area (Å²) in [6, 6.07) is 25.4. The second kappa shape index (κ2) is 9.93. The summed E-state index contributed by atoms with van der Waals surface area (Å²) < 4.78 is 6.37. The molecule has 6 nitrogen and oxygen atoms in total. The van der Waals surface area contributed by atoms with Gasteiger partial charge >= 0.3 is 0 Å². The quantitative estimate of drug-likeness (QED) is 0.302. The number of anilines is 2. The number of thiocarbonyl (C=S) groups is 1. The van der Waals surface area contributed by atoms with Crippen LogP contribution in [0.5, 0.6) is 0 Å². The van der Waals surface area contributed by atoms with Gasteiger partial charge in [-0.1, -0.05) is 35.5 Å². The van der Waals surface area contributed by atoms with Crippen LogP contribution in [0, 0.1) is 6.92 Å².